The normalized spacial score (nSPS) is 15.1. The number of imide groups is 1. The van der Waals surface area contributed by atoms with E-state index < -0.39 is 17.8 Å². The second-order valence-corrected chi connectivity index (χ2v) is 6.80. The molecule has 8 heteroatoms. The van der Waals surface area contributed by atoms with Gasteiger partial charge in [-0.3, -0.25) is 19.6 Å². The topological polar surface area (TPSA) is 87.2 Å². The molecule has 1 aliphatic rings. The SMILES string of the molecule is CCc1[nH]n(-c2ccccc2)c(=O)c1C=C1NC(=O)N(Cc2ccccc2F)C1=O. The molecule has 7 nitrogen and oxygen atoms in total. The number of aromatic amines is 1. The number of hydrogen-bond donors (Lipinski definition) is 2. The maximum atomic E-state index is 13.9. The fraction of sp³-hybridized carbons (Fsp3) is 0.136. The number of benzene rings is 2. The minimum absolute atomic E-state index is 0.0256. The van der Waals surface area contributed by atoms with Gasteiger partial charge >= 0.3 is 6.03 Å². The molecule has 152 valence electrons. The van der Waals surface area contributed by atoms with Crippen molar-refractivity contribution in [3.63, 3.8) is 0 Å². The zero-order chi connectivity index (χ0) is 21.3. The molecule has 0 unspecified atom stereocenters. The molecule has 1 aromatic heterocycles. The quantitative estimate of drug-likeness (QED) is 0.505. The third kappa shape index (κ3) is 3.43. The fourth-order valence-corrected chi connectivity index (χ4v) is 3.33. The molecule has 2 aromatic carbocycles. The van der Waals surface area contributed by atoms with Crippen LogP contribution < -0.4 is 10.9 Å². The zero-order valence-electron chi connectivity index (χ0n) is 16.2. The maximum absolute atomic E-state index is 13.9. The lowest BCUT2D eigenvalue weighted by molar-refractivity contribution is -0.123. The Morgan fingerprint density at radius 2 is 1.70 bits per heavy atom. The molecule has 0 bridgehead atoms. The van der Waals surface area contributed by atoms with E-state index in [0.717, 1.165) is 4.90 Å². The van der Waals surface area contributed by atoms with Gasteiger partial charge in [0.1, 0.15) is 11.5 Å². The van der Waals surface area contributed by atoms with Crippen molar-refractivity contribution in [3.05, 3.63) is 93.3 Å². The number of aryl methyl sites for hydroxylation is 1. The summed E-state index contributed by atoms with van der Waals surface area (Å²) in [6.07, 6.45) is 1.90. The number of para-hydroxylation sites is 1. The lowest BCUT2D eigenvalue weighted by Crippen LogP contribution is -2.30. The van der Waals surface area contributed by atoms with Gasteiger partial charge in [0.15, 0.2) is 0 Å². The van der Waals surface area contributed by atoms with Crippen LogP contribution in [-0.4, -0.2) is 26.6 Å². The number of hydrogen-bond acceptors (Lipinski definition) is 3. The van der Waals surface area contributed by atoms with Gasteiger partial charge in [0.2, 0.25) is 0 Å². The van der Waals surface area contributed by atoms with Crippen LogP contribution in [0.4, 0.5) is 9.18 Å². The first-order chi connectivity index (χ1) is 14.5. The van der Waals surface area contributed by atoms with Crippen molar-refractivity contribution in [2.24, 2.45) is 0 Å². The van der Waals surface area contributed by atoms with Crippen molar-refractivity contribution >= 4 is 18.0 Å². The van der Waals surface area contributed by atoms with Gasteiger partial charge in [0.05, 0.1) is 17.8 Å². The highest BCUT2D eigenvalue weighted by molar-refractivity contribution is 6.13. The predicted octanol–water partition coefficient (Wildman–Crippen LogP) is 2.96. The zero-order valence-corrected chi connectivity index (χ0v) is 16.2. The first-order valence-corrected chi connectivity index (χ1v) is 9.47. The van der Waals surface area contributed by atoms with E-state index in [1.54, 1.807) is 18.2 Å². The number of aromatic nitrogens is 2. The molecule has 1 fully saturated rings. The molecule has 0 aliphatic carbocycles. The lowest BCUT2D eigenvalue weighted by atomic mass is 10.1. The van der Waals surface area contributed by atoms with Crippen LogP contribution >= 0.6 is 0 Å². The Balaban J connectivity index is 1.68. The average Bonchev–Trinajstić information content (AvgIpc) is 3.21. The number of halogens is 1. The van der Waals surface area contributed by atoms with Gasteiger partial charge in [0.25, 0.3) is 11.5 Å². The Hall–Kier alpha value is -3.94. The number of amides is 3. The van der Waals surface area contributed by atoms with E-state index in [0.29, 0.717) is 17.8 Å². The number of carbonyl (C=O) groups is 2. The van der Waals surface area contributed by atoms with Crippen LogP contribution in [0, 0.1) is 5.82 Å². The molecule has 0 atom stereocenters. The highest BCUT2D eigenvalue weighted by Gasteiger charge is 2.34. The predicted molar refractivity (Wildman–Crippen MR) is 109 cm³/mol. The molecule has 4 rings (SSSR count). The van der Waals surface area contributed by atoms with Gasteiger partial charge in [-0.15, -0.1) is 0 Å². The Morgan fingerprint density at radius 3 is 2.40 bits per heavy atom. The molecule has 1 aliphatic heterocycles. The minimum atomic E-state index is -0.661. The van der Waals surface area contributed by atoms with Gasteiger partial charge < -0.3 is 5.32 Å². The summed E-state index contributed by atoms with van der Waals surface area (Å²) < 4.78 is 15.3. The second kappa shape index (κ2) is 7.82. The maximum Gasteiger partial charge on any atom is 0.329 e. The molecule has 0 radical (unpaired) electrons. The summed E-state index contributed by atoms with van der Waals surface area (Å²) in [5, 5.41) is 5.53. The monoisotopic (exact) mass is 406 g/mol. The Bertz CT molecular complexity index is 1210. The van der Waals surface area contributed by atoms with Crippen molar-refractivity contribution in [1.29, 1.82) is 0 Å². The molecule has 1 saturated heterocycles. The van der Waals surface area contributed by atoms with Gasteiger partial charge in [0, 0.05) is 11.3 Å². The third-order valence-electron chi connectivity index (χ3n) is 4.91. The Labute approximate surface area is 171 Å². The second-order valence-electron chi connectivity index (χ2n) is 6.80. The van der Waals surface area contributed by atoms with E-state index in [1.165, 1.54) is 29.0 Å². The van der Waals surface area contributed by atoms with Crippen molar-refractivity contribution in [2.45, 2.75) is 19.9 Å². The summed E-state index contributed by atoms with van der Waals surface area (Å²) in [6.45, 7) is 1.68. The highest BCUT2D eigenvalue weighted by Crippen LogP contribution is 2.19. The van der Waals surface area contributed by atoms with Crippen LogP contribution in [0.2, 0.25) is 0 Å². The van der Waals surface area contributed by atoms with E-state index in [4.69, 9.17) is 0 Å². The van der Waals surface area contributed by atoms with Crippen LogP contribution in [0.5, 0.6) is 0 Å². The van der Waals surface area contributed by atoms with Crippen LogP contribution in [0.25, 0.3) is 11.8 Å². The first kappa shape index (κ1) is 19.4. The summed E-state index contributed by atoms with van der Waals surface area (Å²) in [7, 11) is 0. The molecule has 2 N–H and O–H groups in total. The highest BCUT2D eigenvalue weighted by atomic mass is 19.1. The van der Waals surface area contributed by atoms with E-state index in [-0.39, 0.29) is 28.9 Å². The number of rotatable bonds is 5. The first-order valence-electron chi connectivity index (χ1n) is 9.47. The molecular weight excluding hydrogens is 387 g/mol. The van der Waals surface area contributed by atoms with Crippen molar-refractivity contribution in [1.82, 2.24) is 20.0 Å². The molecule has 3 amide bonds. The van der Waals surface area contributed by atoms with Gasteiger partial charge in [-0.1, -0.05) is 43.3 Å². The largest absolute Gasteiger partial charge is 0.329 e. The summed E-state index contributed by atoms with van der Waals surface area (Å²) in [5.41, 5.74) is 1.44. The summed E-state index contributed by atoms with van der Waals surface area (Å²) in [5.74, 6) is -1.11. The van der Waals surface area contributed by atoms with Gasteiger partial charge in [-0.2, -0.15) is 0 Å². The molecule has 30 heavy (non-hydrogen) atoms. The summed E-state index contributed by atoms with van der Waals surface area (Å²) in [4.78, 5) is 38.9. The van der Waals surface area contributed by atoms with E-state index in [1.807, 2.05) is 25.1 Å². The number of nitrogens with one attached hydrogen (secondary N) is 2. The lowest BCUT2D eigenvalue weighted by Gasteiger charge is -2.12. The fourth-order valence-electron chi connectivity index (χ4n) is 3.33. The number of urea groups is 1. The molecule has 3 aromatic rings. The third-order valence-corrected chi connectivity index (χ3v) is 4.91. The summed E-state index contributed by atoms with van der Waals surface area (Å²) >= 11 is 0. The van der Waals surface area contributed by atoms with Crippen molar-refractivity contribution in [2.75, 3.05) is 0 Å². The van der Waals surface area contributed by atoms with Crippen LogP contribution in [0.15, 0.2) is 65.1 Å². The number of H-pyrrole nitrogens is 1. The standard InChI is InChI=1S/C22H19FN4O3/c1-2-18-16(20(28)27(25-18)15-9-4-3-5-10-15)12-19-21(29)26(22(30)24-19)13-14-8-6-7-11-17(14)23/h3-12,25H,2,13H2,1H3,(H,24,30). The van der Waals surface area contributed by atoms with E-state index in [2.05, 4.69) is 10.4 Å². The number of carbonyl (C=O) groups excluding carboxylic acids is 2. The Kier molecular flexibility index (Phi) is 5.05. The van der Waals surface area contributed by atoms with Gasteiger partial charge in [-0.25, -0.2) is 13.9 Å². The van der Waals surface area contributed by atoms with Crippen molar-refractivity contribution in [3.8, 4) is 5.69 Å². The van der Waals surface area contributed by atoms with Crippen LogP contribution in [-0.2, 0) is 17.8 Å². The van der Waals surface area contributed by atoms with Gasteiger partial charge in [-0.05, 0) is 30.7 Å². The van der Waals surface area contributed by atoms with Crippen LogP contribution in [0.3, 0.4) is 0 Å². The molecule has 0 saturated carbocycles. The molecule has 2 heterocycles. The smallest absolute Gasteiger partial charge is 0.303 e. The summed E-state index contributed by atoms with van der Waals surface area (Å²) in [6, 6.07) is 14.3. The molecule has 0 spiro atoms. The average molecular weight is 406 g/mol. The number of nitrogens with zero attached hydrogens (tertiary/aromatic N) is 2. The van der Waals surface area contributed by atoms with Crippen molar-refractivity contribution < 1.29 is 14.0 Å². The molecular formula is C22H19FN4O3. The van der Waals surface area contributed by atoms with E-state index in [9.17, 15) is 18.8 Å². The van der Waals surface area contributed by atoms with Crippen LogP contribution in [0.1, 0.15) is 23.7 Å². The minimum Gasteiger partial charge on any atom is -0.303 e. The Morgan fingerprint density at radius 1 is 1.00 bits per heavy atom. The van der Waals surface area contributed by atoms with E-state index >= 15 is 0 Å².